The molecule has 3 nitrogen and oxygen atoms in total. The van der Waals surface area contributed by atoms with Crippen LogP contribution in [0.25, 0.3) is 0 Å². The normalized spacial score (nSPS) is 9.62. The molecule has 0 spiro atoms. The molecule has 2 N–H and O–H groups in total. The molecule has 0 radical (unpaired) electrons. The van der Waals surface area contributed by atoms with Crippen LogP contribution in [0.4, 0.5) is 0 Å². The summed E-state index contributed by atoms with van der Waals surface area (Å²) in [6.07, 6.45) is 0. The van der Waals surface area contributed by atoms with E-state index in [-0.39, 0.29) is 0 Å². The largest absolute Gasteiger partial charge is 0.490 e. The Kier molecular flexibility index (Phi) is 5.69. The van der Waals surface area contributed by atoms with E-state index in [2.05, 4.69) is 11.8 Å². The van der Waals surface area contributed by atoms with Crippen molar-refractivity contribution in [2.24, 2.45) is 5.73 Å². The molecule has 0 unspecified atom stereocenters. The van der Waals surface area contributed by atoms with Crippen molar-refractivity contribution in [3.63, 3.8) is 0 Å². The zero-order valence-electron chi connectivity index (χ0n) is 12.1. The second-order valence-corrected chi connectivity index (χ2v) is 4.49. The molecule has 0 aliphatic rings. The Hall–Kier alpha value is -2.44. The van der Waals surface area contributed by atoms with Gasteiger partial charge in [0.15, 0.2) is 0 Å². The van der Waals surface area contributed by atoms with Crippen molar-refractivity contribution in [1.29, 1.82) is 0 Å². The second kappa shape index (κ2) is 7.98. The molecule has 0 bridgehead atoms. The third kappa shape index (κ3) is 4.87. The monoisotopic (exact) mass is 281 g/mol. The molecule has 0 heterocycles. The molecule has 0 saturated heterocycles. The van der Waals surface area contributed by atoms with Gasteiger partial charge in [-0.15, -0.1) is 0 Å². The van der Waals surface area contributed by atoms with Crippen LogP contribution in [-0.4, -0.2) is 19.8 Å². The first-order valence-electron chi connectivity index (χ1n) is 6.90. The van der Waals surface area contributed by atoms with Crippen LogP contribution >= 0.6 is 0 Å². The molecular weight excluding hydrogens is 262 g/mol. The van der Waals surface area contributed by atoms with Crippen LogP contribution in [-0.2, 0) is 0 Å². The van der Waals surface area contributed by atoms with E-state index >= 15 is 0 Å². The van der Waals surface area contributed by atoms with E-state index in [4.69, 9.17) is 15.2 Å². The maximum Gasteiger partial charge on any atom is 0.122 e. The number of ether oxygens (including phenoxy) is 2. The highest BCUT2D eigenvalue weighted by atomic mass is 16.5. The maximum atomic E-state index is 5.67. The van der Waals surface area contributed by atoms with Gasteiger partial charge in [0.05, 0.1) is 6.54 Å². The maximum absolute atomic E-state index is 5.67. The highest BCUT2D eigenvalue weighted by Gasteiger charge is 1.99. The third-order valence-electron chi connectivity index (χ3n) is 2.89. The van der Waals surface area contributed by atoms with Crippen LogP contribution in [0.2, 0.25) is 0 Å². The third-order valence-corrected chi connectivity index (χ3v) is 2.89. The number of aryl methyl sites for hydroxylation is 1. The number of rotatable bonds is 5. The van der Waals surface area contributed by atoms with Gasteiger partial charge in [-0.2, -0.15) is 0 Å². The van der Waals surface area contributed by atoms with Crippen molar-refractivity contribution in [3.8, 4) is 23.3 Å². The summed E-state index contributed by atoms with van der Waals surface area (Å²) in [4.78, 5) is 0. The highest BCUT2D eigenvalue weighted by Crippen LogP contribution is 2.16. The predicted molar refractivity (Wildman–Crippen MR) is 84.5 cm³/mol. The summed E-state index contributed by atoms with van der Waals surface area (Å²) >= 11 is 0. The zero-order valence-corrected chi connectivity index (χ0v) is 12.1. The predicted octanol–water partition coefficient (Wildman–Crippen LogP) is 2.76. The molecule has 108 valence electrons. The minimum atomic E-state index is 0.370. The van der Waals surface area contributed by atoms with Crippen LogP contribution in [0.5, 0.6) is 11.5 Å². The lowest BCUT2D eigenvalue weighted by Crippen LogP contribution is -2.09. The molecule has 0 aromatic heterocycles. The topological polar surface area (TPSA) is 44.5 Å². The minimum absolute atomic E-state index is 0.370. The van der Waals surface area contributed by atoms with Crippen molar-refractivity contribution in [1.82, 2.24) is 0 Å². The Balaban J connectivity index is 1.82. The van der Waals surface area contributed by atoms with Crippen LogP contribution in [0.3, 0.4) is 0 Å². The minimum Gasteiger partial charge on any atom is -0.490 e. The molecule has 3 heteroatoms. The summed E-state index contributed by atoms with van der Waals surface area (Å²) in [5.74, 6) is 7.56. The Bertz CT molecular complexity index is 627. The van der Waals surface area contributed by atoms with Crippen LogP contribution in [0.1, 0.15) is 11.1 Å². The first-order chi connectivity index (χ1) is 10.3. The van der Waals surface area contributed by atoms with E-state index in [9.17, 15) is 0 Å². The second-order valence-electron chi connectivity index (χ2n) is 4.49. The summed E-state index contributed by atoms with van der Waals surface area (Å²) < 4.78 is 11.2. The van der Waals surface area contributed by atoms with E-state index in [0.29, 0.717) is 19.8 Å². The first kappa shape index (κ1) is 15.0. The quantitative estimate of drug-likeness (QED) is 0.677. The van der Waals surface area contributed by atoms with E-state index in [1.807, 2.05) is 55.5 Å². The molecule has 0 aliphatic carbocycles. The summed E-state index contributed by atoms with van der Waals surface area (Å²) in [7, 11) is 0. The number of hydrogen-bond acceptors (Lipinski definition) is 3. The van der Waals surface area contributed by atoms with Gasteiger partial charge in [0.25, 0.3) is 0 Å². The lowest BCUT2D eigenvalue weighted by atomic mass is 10.1. The van der Waals surface area contributed by atoms with Crippen LogP contribution in [0, 0.1) is 18.8 Å². The average molecular weight is 281 g/mol. The van der Waals surface area contributed by atoms with Gasteiger partial charge in [0.1, 0.15) is 24.7 Å². The van der Waals surface area contributed by atoms with Gasteiger partial charge in [0.2, 0.25) is 0 Å². The summed E-state index contributed by atoms with van der Waals surface area (Å²) in [6.45, 7) is 3.39. The van der Waals surface area contributed by atoms with Crippen molar-refractivity contribution in [2.75, 3.05) is 19.8 Å². The highest BCUT2D eigenvalue weighted by molar-refractivity contribution is 5.44. The molecule has 2 rings (SSSR count). The molecule has 0 aliphatic heterocycles. The summed E-state index contributed by atoms with van der Waals surface area (Å²) in [5.41, 5.74) is 7.43. The fraction of sp³-hybridized carbons (Fsp3) is 0.222. The first-order valence-corrected chi connectivity index (χ1v) is 6.90. The Morgan fingerprint density at radius 3 is 2.33 bits per heavy atom. The lowest BCUT2D eigenvalue weighted by molar-refractivity contribution is 0.217. The zero-order chi connectivity index (χ0) is 14.9. The molecule has 0 fully saturated rings. The molecule has 0 atom stereocenters. The molecule has 0 amide bonds. The van der Waals surface area contributed by atoms with Crippen molar-refractivity contribution >= 4 is 0 Å². The van der Waals surface area contributed by atoms with Crippen LogP contribution < -0.4 is 15.2 Å². The SMILES string of the molecule is Cc1cc(OCCOc2ccccc2)ccc1C#CCN. The van der Waals surface area contributed by atoms with Gasteiger partial charge in [-0.3, -0.25) is 0 Å². The van der Waals surface area contributed by atoms with Gasteiger partial charge >= 0.3 is 0 Å². The fourth-order valence-corrected chi connectivity index (χ4v) is 1.85. The number of para-hydroxylation sites is 1. The number of nitrogens with two attached hydrogens (primary N) is 1. The average Bonchev–Trinajstić information content (AvgIpc) is 2.52. The van der Waals surface area contributed by atoms with Crippen molar-refractivity contribution in [2.45, 2.75) is 6.92 Å². The standard InChI is InChI=1S/C18H19NO2/c1-15-14-18(10-9-16(15)6-5-11-19)21-13-12-20-17-7-3-2-4-8-17/h2-4,7-10,14H,11-13,19H2,1H3. The molecular formula is C18H19NO2. The number of benzene rings is 2. The van der Waals surface area contributed by atoms with E-state index in [1.54, 1.807) is 0 Å². The van der Waals surface area contributed by atoms with Gasteiger partial charge in [-0.1, -0.05) is 30.0 Å². The van der Waals surface area contributed by atoms with Gasteiger partial charge in [-0.25, -0.2) is 0 Å². The molecule has 2 aromatic carbocycles. The van der Waals surface area contributed by atoms with Crippen molar-refractivity contribution in [3.05, 3.63) is 59.7 Å². The van der Waals surface area contributed by atoms with E-state index in [0.717, 1.165) is 22.6 Å². The molecule has 2 aromatic rings. The molecule has 0 saturated carbocycles. The smallest absolute Gasteiger partial charge is 0.122 e. The van der Waals surface area contributed by atoms with Gasteiger partial charge < -0.3 is 15.2 Å². The van der Waals surface area contributed by atoms with Crippen molar-refractivity contribution < 1.29 is 9.47 Å². The van der Waals surface area contributed by atoms with Gasteiger partial charge in [0, 0.05) is 5.56 Å². The lowest BCUT2D eigenvalue weighted by Gasteiger charge is -2.09. The molecule has 21 heavy (non-hydrogen) atoms. The summed E-state index contributed by atoms with van der Waals surface area (Å²) in [5, 5.41) is 0. The van der Waals surface area contributed by atoms with E-state index in [1.165, 1.54) is 0 Å². The van der Waals surface area contributed by atoms with E-state index < -0.39 is 0 Å². The van der Waals surface area contributed by atoms with Gasteiger partial charge in [-0.05, 0) is 42.8 Å². The number of hydrogen-bond donors (Lipinski definition) is 1. The van der Waals surface area contributed by atoms with Crippen LogP contribution in [0.15, 0.2) is 48.5 Å². The summed E-state index contributed by atoms with van der Waals surface area (Å²) in [6, 6.07) is 15.5. The Labute approximate surface area is 125 Å². The Morgan fingerprint density at radius 2 is 1.67 bits per heavy atom. The fourth-order valence-electron chi connectivity index (χ4n) is 1.85. The Morgan fingerprint density at radius 1 is 0.952 bits per heavy atom.